The molecule has 0 bridgehead atoms. The molecule has 2 aliphatic rings. The maximum atomic E-state index is 12.9. The summed E-state index contributed by atoms with van der Waals surface area (Å²) in [5, 5.41) is 0. The van der Waals surface area contributed by atoms with Crippen LogP contribution >= 0.6 is 0 Å². The van der Waals surface area contributed by atoms with Gasteiger partial charge in [-0.25, -0.2) is 0 Å². The highest BCUT2D eigenvalue weighted by atomic mass is 16.5. The summed E-state index contributed by atoms with van der Waals surface area (Å²) >= 11 is 0. The minimum absolute atomic E-state index is 0.112. The van der Waals surface area contributed by atoms with Crippen molar-refractivity contribution >= 4 is 5.91 Å². The average molecular weight is 366 g/mol. The van der Waals surface area contributed by atoms with E-state index in [1.54, 1.807) is 12.4 Å². The molecule has 2 aliphatic heterocycles. The topological polar surface area (TPSA) is 51.7 Å². The molecule has 142 valence electrons. The fraction of sp³-hybridized carbons (Fsp3) is 0.455. The standard InChI is InChI=1S/C22H26N2O3/c1-15-5-6-17(10-16(15)2)22(25)24-12-20-18(14-27-21(20)13-24)7-9-26-19-4-3-8-23-11-19/h3-6,8,10-11,18,20-21H,7,9,12-14H2,1-2H3/t18-,20-,21-/m0/s1. The Labute approximate surface area is 160 Å². The van der Waals surface area contributed by atoms with Crippen LogP contribution in [-0.2, 0) is 4.74 Å². The number of fused-ring (bicyclic) bond motifs is 1. The van der Waals surface area contributed by atoms with E-state index in [4.69, 9.17) is 9.47 Å². The molecule has 0 saturated carbocycles. The summed E-state index contributed by atoms with van der Waals surface area (Å²) in [5.74, 6) is 1.75. The molecule has 2 saturated heterocycles. The predicted molar refractivity (Wildman–Crippen MR) is 103 cm³/mol. The van der Waals surface area contributed by atoms with Gasteiger partial charge in [-0.15, -0.1) is 0 Å². The summed E-state index contributed by atoms with van der Waals surface area (Å²) in [4.78, 5) is 18.9. The Hall–Kier alpha value is -2.40. The highest BCUT2D eigenvalue weighted by Gasteiger charge is 2.45. The van der Waals surface area contributed by atoms with Crippen LogP contribution in [0.2, 0.25) is 0 Å². The van der Waals surface area contributed by atoms with Crippen LogP contribution in [0.3, 0.4) is 0 Å². The molecule has 5 nitrogen and oxygen atoms in total. The molecule has 4 rings (SSSR count). The summed E-state index contributed by atoms with van der Waals surface area (Å²) in [6, 6.07) is 9.73. The summed E-state index contributed by atoms with van der Waals surface area (Å²) < 4.78 is 11.8. The highest BCUT2D eigenvalue weighted by Crippen LogP contribution is 2.36. The first-order chi connectivity index (χ1) is 13.1. The molecule has 5 heteroatoms. The van der Waals surface area contributed by atoms with Crippen molar-refractivity contribution < 1.29 is 14.3 Å². The molecule has 0 spiro atoms. The summed E-state index contributed by atoms with van der Waals surface area (Å²) in [7, 11) is 0. The number of pyridine rings is 1. The Morgan fingerprint density at radius 1 is 1.26 bits per heavy atom. The van der Waals surface area contributed by atoms with Gasteiger partial charge >= 0.3 is 0 Å². The van der Waals surface area contributed by atoms with Gasteiger partial charge in [-0.05, 0) is 61.6 Å². The van der Waals surface area contributed by atoms with Gasteiger partial charge in [0.2, 0.25) is 0 Å². The van der Waals surface area contributed by atoms with Crippen molar-refractivity contribution in [3.05, 3.63) is 59.4 Å². The van der Waals surface area contributed by atoms with Crippen LogP contribution in [0, 0.1) is 25.7 Å². The average Bonchev–Trinajstić information content (AvgIpc) is 3.26. The van der Waals surface area contributed by atoms with E-state index < -0.39 is 0 Å². The lowest BCUT2D eigenvalue weighted by molar-refractivity contribution is 0.0672. The van der Waals surface area contributed by atoms with E-state index >= 15 is 0 Å². The second-order valence-corrected chi connectivity index (χ2v) is 7.63. The molecular weight excluding hydrogens is 340 g/mol. The van der Waals surface area contributed by atoms with Crippen LogP contribution < -0.4 is 4.74 Å². The van der Waals surface area contributed by atoms with Gasteiger partial charge in [0.05, 0.1) is 25.5 Å². The van der Waals surface area contributed by atoms with E-state index in [0.29, 0.717) is 25.0 Å². The lowest BCUT2D eigenvalue weighted by atomic mass is 9.91. The number of hydrogen-bond acceptors (Lipinski definition) is 4. The first-order valence-corrected chi connectivity index (χ1v) is 9.63. The summed E-state index contributed by atoms with van der Waals surface area (Å²) in [6.45, 7) is 6.98. The van der Waals surface area contributed by atoms with Crippen molar-refractivity contribution in [3.63, 3.8) is 0 Å². The van der Waals surface area contributed by atoms with Crippen molar-refractivity contribution in [3.8, 4) is 5.75 Å². The lowest BCUT2D eigenvalue weighted by Crippen LogP contribution is -2.31. The van der Waals surface area contributed by atoms with Crippen molar-refractivity contribution in [2.45, 2.75) is 26.4 Å². The quantitative estimate of drug-likeness (QED) is 0.815. The van der Waals surface area contributed by atoms with Gasteiger partial charge in [0, 0.05) is 30.8 Å². The Balaban J connectivity index is 1.33. The molecule has 0 aliphatic carbocycles. The van der Waals surface area contributed by atoms with Crippen LogP contribution in [0.25, 0.3) is 0 Å². The van der Waals surface area contributed by atoms with Gasteiger partial charge < -0.3 is 14.4 Å². The summed E-state index contributed by atoms with van der Waals surface area (Å²) in [5.41, 5.74) is 3.14. The Morgan fingerprint density at radius 3 is 2.93 bits per heavy atom. The van der Waals surface area contributed by atoms with Crippen molar-refractivity contribution in [1.82, 2.24) is 9.88 Å². The second kappa shape index (κ2) is 7.69. The van der Waals surface area contributed by atoms with E-state index in [0.717, 1.165) is 36.4 Å². The van der Waals surface area contributed by atoms with Gasteiger partial charge in [0.1, 0.15) is 5.75 Å². The number of carbonyl (C=O) groups excluding carboxylic acids is 1. The number of aryl methyl sites for hydroxylation is 2. The molecule has 1 aromatic carbocycles. The minimum atomic E-state index is 0.112. The van der Waals surface area contributed by atoms with Crippen molar-refractivity contribution in [2.75, 3.05) is 26.3 Å². The van der Waals surface area contributed by atoms with E-state index in [1.165, 1.54) is 5.56 Å². The number of amides is 1. The Kier molecular flexibility index (Phi) is 5.12. The molecule has 0 radical (unpaired) electrons. The Bertz CT molecular complexity index is 808. The highest BCUT2D eigenvalue weighted by molar-refractivity contribution is 5.94. The zero-order chi connectivity index (χ0) is 18.8. The van der Waals surface area contributed by atoms with Crippen molar-refractivity contribution in [1.29, 1.82) is 0 Å². The fourth-order valence-corrected chi connectivity index (χ4v) is 4.08. The third-order valence-electron chi connectivity index (χ3n) is 5.87. The predicted octanol–water partition coefficient (Wildman–Crippen LogP) is 3.25. The van der Waals surface area contributed by atoms with Crippen molar-refractivity contribution in [2.24, 2.45) is 11.8 Å². The minimum Gasteiger partial charge on any atom is -0.492 e. The molecule has 3 atom stereocenters. The first kappa shape index (κ1) is 18.0. The molecule has 0 unspecified atom stereocenters. The van der Waals surface area contributed by atoms with E-state index in [1.807, 2.05) is 42.2 Å². The number of benzene rings is 1. The molecule has 2 fully saturated rings. The van der Waals surface area contributed by atoms with Crippen LogP contribution in [0.1, 0.15) is 27.9 Å². The second-order valence-electron chi connectivity index (χ2n) is 7.63. The van der Waals surface area contributed by atoms with E-state index in [9.17, 15) is 4.79 Å². The van der Waals surface area contributed by atoms with Gasteiger partial charge in [-0.1, -0.05) is 6.07 Å². The number of likely N-dealkylation sites (tertiary alicyclic amines) is 1. The molecule has 1 aromatic heterocycles. The first-order valence-electron chi connectivity index (χ1n) is 9.63. The molecular formula is C22H26N2O3. The summed E-state index contributed by atoms with van der Waals surface area (Å²) in [6.07, 6.45) is 4.56. The lowest BCUT2D eigenvalue weighted by Gasteiger charge is -2.20. The maximum absolute atomic E-state index is 12.9. The molecule has 3 heterocycles. The van der Waals surface area contributed by atoms with E-state index in [-0.39, 0.29) is 12.0 Å². The number of rotatable bonds is 5. The van der Waals surface area contributed by atoms with Crippen LogP contribution in [0.5, 0.6) is 5.75 Å². The van der Waals surface area contributed by atoms with E-state index in [2.05, 4.69) is 11.9 Å². The fourth-order valence-electron chi connectivity index (χ4n) is 4.08. The zero-order valence-corrected chi connectivity index (χ0v) is 15.9. The molecule has 0 N–H and O–H groups in total. The number of hydrogen-bond donors (Lipinski definition) is 0. The van der Waals surface area contributed by atoms with Crippen LogP contribution in [0.4, 0.5) is 0 Å². The zero-order valence-electron chi connectivity index (χ0n) is 15.9. The van der Waals surface area contributed by atoms with Gasteiger partial charge in [0.25, 0.3) is 5.91 Å². The molecule has 27 heavy (non-hydrogen) atoms. The largest absolute Gasteiger partial charge is 0.492 e. The number of nitrogens with zero attached hydrogens (tertiary/aromatic N) is 2. The number of aromatic nitrogens is 1. The monoisotopic (exact) mass is 366 g/mol. The molecule has 2 aromatic rings. The SMILES string of the molecule is Cc1ccc(C(=O)N2C[C@H]3[C@@H](CCOc4cccnc4)CO[C@H]3C2)cc1C. The Morgan fingerprint density at radius 2 is 2.15 bits per heavy atom. The maximum Gasteiger partial charge on any atom is 0.253 e. The normalized spacial score (nSPS) is 24.1. The van der Waals surface area contributed by atoms with Gasteiger partial charge in [-0.3, -0.25) is 9.78 Å². The number of carbonyl (C=O) groups is 1. The third-order valence-corrected chi connectivity index (χ3v) is 5.87. The third kappa shape index (κ3) is 3.83. The smallest absolute Gasteiger partial charge is 0.253 e. The van der Waals surface area contributed by atoms with Crippen LogP contribution in [-0.4, -0.2) is 48.2 Å². The molecule has 1 amide bonds. The number of ether oxygens (including phenoxy) is 2. The van der Waals surface area contributed by atoms with Crippen LogP contribution in [0.15, 0.2) is 42.7 Å². The van der Waals surface area contributed by atoms with Gasteiger partial charge in [-0.2, -0.15) is 0 Å². The van der Waals surface area contributed by atoms with Gasteiger partial charge in [0.15, 0.2) is 0 Å².